The number of alkyl halides is 1. The summed E-state index contributed by atoms with van der Waals surface area (Å²) in [6.45, 7) is 0.691. The van der Waals surface area contributed by atoms with Crippen LogP contribution in [0.25, 0.3) is 10.8 Å². The summed E-state index contributed by atoms with van der Waals surface area (Å²) >= 11 is 3.46. The summed E-state index contributed by atoms with van der Waals surface area (Å²) in [6.07, 6.45) is 7.35. The molecule has 0 aromatic heterocycles. The Labute approximate surface area is 146 Å². The minimum absolute atomic E-state index is 0.169. The van der Waals surface area contributed by atoms with Crippen LogP contribution in [0.5, 0.6) is 17.2 Å². The molecule has 0 spiro atoms. The van der Waals surface area contributed by atoms with Gasteiger partial charge in [-0.2, -0.15) is 0 Å². The van der Waals surface area contributed by atoms with Crippen LogP contribution in [0.3, 0.4) is 0 Å². The molecule has 4 heteroatoms. The maximum atomic E-state index is 10.2. The highest BCUT2D eigenvalue weighted by Crippen LogP contribution is 2.40. The zero-order valence-corrected chi connectivity index (χ0v) is 15.3. The Bertz CT molecular complexity index is 613. The molecule has 0 heterocycles. The van der Waals surface area contributed by atoms with Gasteiger partial charge in [0.1, 0.15) is 5.75 Å². The number of hydrogen-bond acceptors (Lipinski definition) is 3. The third-order valence-electron chi connectivity index (χ3n) is 3.95. The normalized spacial score (nSPS) is 10.9. The number of unbranched alkanes of at least 4 members (excludes halogenated alkanes) is 5. The van der Waals surface area contributed by atoms with Crippen LogP contribution in [0.2, 0.25) is 0 Å². The number of fused-ring (bicyclic) bond motifs is 1. The van der Waals surface area contributed by atoms with Crippen molar-refractivity contribution in [1.29, 1.82) is 0 Å². The zero-order valence-electron chi connectivity index (χ0n) is 13.7. The molecule has 3 nitrogen and oxygen atoms in total. The van der Waals surface area contributed by atoms with Crippen molar-refractivity contribution < 1.29 is 14.6 Å². The first-order valence-corrected chi connectivity index (χ1v) is 9.37. The van der Waals surface area contributed by atoms with E-state index in [9.17, 15) is 5.11 Å². The standard InChI is InChI=1S/C19H25BrO3/c1-22-18-14-17(15-10-6-7-11-16(15)19(18)21)23-13-9-5-3-2-4-8-12-20/h6-7,10-11,14,21H,2-5,8-9,12-13H2,1H3. The molecule has 0 aliphatic heterocycles. The van der Waals surface area contributed by atoms with Crippen molar-refractivity contribution in [2.45, 2.75) is 38.5 Å². The van der Waals surface area contributed by atoms with Gasteiger partial charge < -0.3 is 14.6 Å². The van der Waals surface area contributed by atoms with E-state index in [1.807, 2.05) is 24.3 Å². The number of rotatable bonds is 10. The minimum Gasteiger partial charge on any atom is -0.504 e. The van der Waals surface area contributed by atoms with Crippen molar-refractivity contribution in [3.8, 4) is 17.2 Å². The Morgan fingerprint density at radius 2 is 1.57 bits per heavy atom. The minimum atomic E-state index is 0.169. The monoisotopic (exact) mass is 380 g/mol. The number of benzene rings is 2. The first-order valence-electron chi connectivity index (χ1n) is 8.25. The van der Waals surface area contributed by atoms with E-state index in [4.69, 9.17) is 9.47 Å². The molecule has 0 radical (unpaired) electrons. The fraction of sp³-hybridized carbons (Fsp3) is 0.474. The molecule has 2 rings (SSSR count). The maximum Gasteiger partial charge on any atom is 0.165 e. The number of aromatic hydroxyl groups is 1. The van der Waals surface area contributed by atoms with Crippen molar-refractivity contribution in [3.05, 3.63) is 30.3 Å². The molecule has 1 N–H and O–H groups in total. The first-order chi connectivity index (χ1) is 11.3. The molecule has 2 aromatic carbocycles. The van der Waals surface area contributed by atoms with Crippen LogP contribution >= 0.6 is 15.9 Å². The van der Waals surface area contributed by atoms with Gasteiger partial charge in [0.15, 0.2) is 11.5 Å². The van der Waals surface area contributed by atoms with Gasteiger partial charge in [-0.25, -0.2) is 0 Å². The van der Waals surface area contributed by atoms with E-state index in [1.165, 1.54) is 32.1 Å². The molecule has 126 valence electrons. The second kappa shape index (κ2) is 9.66. The molecule has 0 aliphatic carbocycles. The molecule has 0 unspecified atom stereocenters. The third-order valence-corrected chi connectivity index (χ3v) is 4.51. The smallest absolute Gasteiger partial charge is 0.165 e. The van der Waals surface area contributed by atoms with Crippen LogP contribution in [-0.2, 0) is 0 Å². The van der Waals surface area contributed by atoms with Crippen molar-refractivity contribution in [2.24, 2.45) is 0 Å². The van der Waals surface area contributed by atoms with Gasteiger partial charge in [0.25, 0.3) is 0 Å². The lowest BCUT2D eigenvalue weighted by molar-refractivity contribution is 0.304. The fourth-order valence-corrected chi connectivity index (χ4v) is 3.06. The lowest BCUT2D eigenvalue weighted by Crippen LogP contribution is -1.99. The number of halogens is 1. The number of hydrogen-bond donors (Lipinski definition) is 1. The highest BCUT2D eigenvalue weighted by molar-refractivity contribution is 9.09. The summed E-state index contributed by atoms with van der Waals surface area (Å²) in [4.78, 5) is 0. The van der Waals surface area contributed by atoms with Crippen molar-refractivity contribution in [1.82, 2.24) is 0 Å². The number of methoxy groups -OCH3 is 1. The summed E-state index contributed by atoms with van der Waals surface area (Å²) in [7, 11) is 1.56. The molecule has 23 heavy (non-hydrogen) atoms. The van der Waals surface area contributed by atoms with Gasteiger partial charge in [0.2, 0.25) is 0 Å². The molecular weight excluding hydrogens is 356 g/mol. The van der Waals surface area contributed by atoms with Crippen LogP contribution in [0.15, 0.2) is 30.3 Å². The topological polar surface area (TPSA) is 38.7 Å². The van der Waals surface area contributed by atoms with E-state index >= 15 is 0 Å². The Morgan fingerprint density at radius 3 is 2.26 bits per heavy atom. The highest BCUT2D eigenvalue weighted by atomic mass is 79.9. The lowest BCUT2D eigenvalue weighted by Gasteiger charge is -2.13. The first kappa shape index (κ1) is 17.9. The van der Waals surface area contributed by atoms with Crippen LogP contribution < -0.4 is 9.47 Å². The van der Waals surface area contributed by atoms with E-state index in [-0.39, 0.29) is 5.75 Å². The largest absolute Gasteiger partial charge is 0.504 e. The predicted octanol–water partition coefficient (Wildman–Crippen LogP) is 5.67. The summed E-state index contributed by atoms with van der Waals surface area (Å²) in [6, 6.07) is 9.46. The van der Waals surface area contributed by atoms with E-state index in [2.05, 4.69) is 15.9 Å². The van der Waals surface area contributed by atoms with Crippen molar-refractivity contribution in [2.75, 3.05) is 19.0 Å². The van der Waals surface area contributed by atoms with Crippen LogP contribution in [-0.4, -0.2) is 24.2 Å². The molecule has 0 amide bonds. The molecular formula is C19H25BrO3. The van der Waals surface area contributed by atoms with Crippen LogP contribution in [0.4, 0.5) is 0 Å². The highest BCUT2D eigenvalue weighted by Gasteiger charge is 2.12. The van der Waals surface area contributed by atoms with Gasteiger partial charge >= 0.3 is 0 Å². The molecule has 0 saturated carbocycles. The van der Waals surface area contributed by atoms with E-state index < -0.39 is 0 Å². The van der Waals surface area contributed by atoms with Crippen molar-refractivity contribution >= 4 is 26.7 Å². The van der Waals surface area contributed by atoms with E-state index in [1.54, 1.807) is 13.2 Å². The van der Waals surface area contributed by atoms with Crippen LogP contribution in [0, 0.1) is 0 Å². The fourth-order valence-electron chi connectivity index (χ4n) is 2.66. The summed E-state index contributed by atoms with van der Waals surface area (Å²) in [5, 5.41) is 13.0. The maximum absolute atomic E-state index is 10.2. The summed E-state index contributed by atoms with van der Waals surface area (Å²) < 4.78 is 11.2. The average Bonchev–Trinajstić information content (AvgIpc) is 2.59. The number of phenolic OH excluding ortho intramolecular Hbond substituents is 1. The zero-order chi connectivity index (χ0) is 16.5. The summed E-state index contributed by atoms with van der Waals surface area (Å²) in [5.41, 5.74) is 0. The predicted molar refractivity (Wildman–Crippen MR) is 99.2 cm³/mol. The molecule has 2 aromatic rings. The van der Waals surface area contributed by atoms with Gasteiger partial charge in [-0.3, -0.25) is 0 Å². The molecule has 0 bridgehead atoms. The molecule has 0 atom stereocenters. The average molecular weight is 381 g/mol. The SMILES string of the molecule is COc1cc(OCCCCCCCCBr)c2ccccc2c1O. The lowest BCUT2D eigenvalue weighted by atomic mass is 10.1. The second-order valence-electron chi connectivity index (χ2n) is 5.63. The second-order valence-corrected chi connectivity index (χ2v) is 6.42. The quantitative estimate of drug-likeness (QED) is 0.426. The van der Waals surface area contributed by atoms with E-state index in [0.29, 0.717) is 12.4 Å². The molecule has 0 saturated heterocycles. The Kier molecular flexibility index (Phi) is 7.53. The van der Waals surface area contributed by atoms with Crippen LogP contribution in [0.1, 0.15) is 38.5 Å². The molecule has 0 fully saturated rings. The van der Waals surface area contributed by atoms with E-state index in [0.717, 1.165) is 28.3 Å². The molecule has 0 aliphatic rings. The third kappa shape index (κ3) is 5.03. The number of ether oxygens (including phenoxy) is 2. The van der Waals surface area contributed by atoms with Gasteiger partial charge in [0.05, 0.1) is 13.7 Å². The summed E-state index contributed by atoms with van der Waals surface area (Å²) in [5.74, 6) is 1.39. The Morgan fingerprint density at radius 1 is 0.913 bits per heavy atom. The van der Waals surface area contributed by atoms with Gasteiger partial charge in [-0.15, -0.1) is 0 Å². The Balaban J connectivity index is 1.91. The van der Waals surface area contributed by atoms with Gasteiger partial charge in [-0.1, -0.05) is 65.9 Å². The van der Waals surface area contributed by atoms with Gasteiger partial charge in [0, 0.05) is 22.2 Å². The van der Waals surface area contributed by atoms with Gasteiger partial charge in [-0.05, 0) is 12.8 Å². The number of phenols is 1. The van der Waals surface area contributed by atoms with Crippen molar-refractivity contribution in [3.63, 3.8) is 0 Å². The Hall–Kier alpha value is -1.42.